The molecule has 15 nitrogen and oxygen atoms in total. The Morgan fingerprint density at radius 1 is 0.772 bits per heavy atom. The van der Waals surface area contributed by atoms with Crippen molar-refractivity contribution in [1.29, 1.82) is 0 Å². The largest absolute Gasteiger partial charge is 0.460 e. The molecule has 3 fully saturated rings. The predicted octanol–water partition coefficient (Wildman–Crippen LogP) is 9.13. The second-order valence-corrected chi connectivity index (χ2v) is 25.2. The molecule has 2 N–H and O–H groups in total. The van der Waals surface area contributed by atoms with Gasteiger partial charge in [-0.05, 0) is 131 Å². The molecule has 1 saturated carbocycles. The van der Waals surface area contributed by atoms with E-state index in [0.29, 0.717) is 80.4 Å². The third-order valence-electron chi connectivity index (χ3n) is 16.9. The molecule has 4 aliphatic rings. The summed E-state index contributed by atoms with van der Waals surface area (Å²) in [6.07, 6.45) is 10.6. The van der Waals surface area contributed by atoms with Crippen LogP contribution in [0.4, 0.5) is 0 Å². The first kappa shape index (κ1) is 63.5. The van der Waals surface area contributed by atoms with E-state index in [2.05, 4.69) is 0 Å². The summed E-state index contributed by atoms with van der Waals surface area (Å²) in [5.74, 6) is -8.37. The summed E-state index contributed by atoms with van der Waals surface area (Å²) in [5, 5.41) is 24.8. The van der Waals surface area contributed by atoms with Crippen LogP contribution in [0.2, 0.25) is 0 Å². The second-order valence-electron chi connectivity index (χ2n) is 22.9. The average molecular weight is 1110 g/mol. The number of fused-ring (bicyclic) bond motifs is 3. The summed E-state index contributed by atoms with van der Waals surface area (Å²) in [6.45, 7) is 12.7. The molecule has 0 spiro atoms. The van der Waals surface area contributed by atoms with Crippen LogP contribution in [0.3, 0.4) is 0 Å². The monoisotopic (exact) mass is 1110 g/mol. The first-order chi connectivity index (χ1) is 37.6. The number of Topliss-reactive ketones (excluding diaryl/α,β-unsaturated/α-hetero) is 3. The molecule has 15 atom stereocenters. The van der Waals surface area contributed by atoms with Crippen LogP contribution in [-0.4, -0.2) is 127 Å². The minimum atomic E-state index is -3.55. The van der Waals surface area contributed by atoms with Crippen molar-refractivity contribution in [2.75, 3.05) is 27.9 Å². The molecule has 0 aromatic heterocycles. The molecule has 2 bridgehead atoms. The Labute approximate surface area is 469 Å². The lowest BCUT2D eigenvalue weighted by Crippen LogP contribution is -2.61. The maximum Gasteiger partial charge on any atom is 0.329 e. The highest BCUT2D eigenvalue weighted by Gasteiger charge is 2.53. The molecule has 0 radical (unpaired) electrons. The summed E-state index contributed by atoms with van der Waals surface area (Å²) in [6, 6.07) is 17.2. The first-order valence-electron chi connectivity index (χ1n) is 28.5. The summed E-state index contributed by atoms with van der Waals surface area (Å²) in [7, 11) is 1.02. The van der Waals surface area contributed by atoms with E-state index >= 15 is 0 Å². The molecule has 434 valence electrons. The van der Waals surface area contributed by atoms with Gasteiger partial charge in [-0.1, -0.05) is 107 Å². The molecule has 1 aliphatic carbocycles. The minimum Gasteiger partial charge on any atom is -0.460 e. The highest BCUT2D eigenvalue weighted by atomic mass is 31.2. The summed E-state index contributed by atoms with van der Waals surface area (Å²) >= 11 is 0. The molecule has 2 aromatic rings. The van der Waals surface area contributed by atoms with Crippen LogP contribution in [0, 0.1) is 35.5 Å². The smallest absolute Gasteiger partial charge is 0.329 e. The Morgan fingerprint density at radius 3 is 2.08 bits per heavy atom. The Morgan fingerprint density at radius 2 is 1.44 bits per heavy atom. The number of hydrogen-bond acceptors (Lipinski definition) is 14. The lowest BCUT2D eigenvalue weighted by molar-refractivity contribution is -0.265. The molecule has 2 aromatic carbocycles. The number of benzene rings is 2. The van der Waals surface area contributed by atoms with Crippen molar-refractivity contribution in [3.05, 3.63) is 108 Å². The fourth-order valence-electron chi connectivity index (χ4n) is 11.9. The molecule has 6 rings (SSSR count). The van der Waals surface area contributed by atoms with Gasteiger partial charge < -0.3 is 43.3 Å². The summed E-state index contributed by atoms with van der Waals surface area (Å²) in [4.78, 5) is 73.1. The van der Waals surface area contributed by atoms with Gasteiger partial charge in [0, 0.05) is 69.1 Å². The van der Waals surface area contributed by atoms with Gasteiger partial charge in [-0.2, -0.15) is 0 Å². The molecule has 1 amide bonds. The number of nitrogens with zero attached hydrogens (tertiary/aromatic N) is 1. The fourth-order valence-corrected chi connectivity index (χ4v) is 14.2. The second kappa shape index (κ2) is 29.3. The quantitative estimate of drug-likeness (QED) is 0.0987. The molecule has 2 unspecified atom stereocenters. The van der Waals surface area contributed by atoms with E-state index in [1.807, 2.05) is 119 Å². The number of carbonyl (C=O) groups is 5. The summed E-state index contributed by atoms with van der Waals surface area (Å²) < 4.78 is 51.9. The molecular weight excluding hydrogens is 1030 g/mol. The zero-order valence-electron chi connectivity index (χ0n) is 48.2. The fraction of sp³-hybridized carbons (Fsp3) is 0.603. The molecule has 3 aliphatic heterocycles. The number of ether oxygens (including phenoxy) is 5. The highest BCUT2D eigenvalue weighted by molar-refractivity contribution is 7.74. The predicted molar refractivity (Wildman–Crippen MR) is 304 cm³/mol. The number of aliphatic hydroxyl groups is 2. The van der Waals surface area contributed by atoms with E-state index in [-0.39, 0.29) is 42.8 Å². The van der Waals surface area contributed by atoms with Crippen molar-refractivity contribution < 1.29 is 67.0 Å². The van der Waals surface area contributed by atoms with E-state index in [9.17, 15) is 38.8 Å². The highest BCUT2D eigenvalue weighted by Crippen LogP contribution is 2.49. The van der Waals surface area contributed by atoms with Crippen molar-refractivity contribution in [3.63, 3.8) is 0 Å². The average Bonchev–Trinajstić information content (AvgIpc) is 3.46. The van der Waals surface area contributed by atoms with Crippen molar-refractivity contribution in [1.82, 2.24) is 4.90 Å². The zero-order chi connectivity index (χ0) is 57.6. The van der Waals surface area contributed by atoms with Crippen LogP contribution in [0.15, 0.2) is 108 Å². The first-order valence-corrected chi connectivity index (χ1v) is 30.2. The van der Waals surface area contributed by atoms with Crippen LogP contribution in [-0.2, 0) is 56.7 Å². The molecule has 16 heteroatoms. The Kier molecular flexibility index (Phi) is 23.6. The van der Waals surface area contributed by atoms with Gasteiger partial charge in [0.2, 0.25) is 5.79 Å². The summed E-state index contributed by atoms with van der Waals surface area (Å²) in [5.41, 5.74) is 1.24. The number of hydrogen-bond donors (Lipinski definition) is 2. The van der Waals surface area contributed by atoms with Gasteiger partial charge in [-0.3, -0.25) is 23.7 Å². The van der Waals surface area contributed by atoms with Crippen LogP contribution in [0.1, 0.15) is 126 Å². The third-order valence-corrected chi connectivity index (χ3v) is 19.5. The normalized spacial score (nSPS) is 35.5. The number of rotatable bonds is 10. The van der Waals surface area contributed by atoms with Crippen LogP contribution in [0.25, 0.3) is 0 Å². The van der Waals surface area contributed by atoms with Gasteiger partial charge in [0.15, 0.2) is 5.78 Å². The van der Waals surface area contributed by atoms with Gasteiger partial charge in [0.1, 0.15) is 30.1 Å². The zero-order valence-corrected chi connectivity index (χ0v) is 49.1. The maximum absolute atomic E-state index is 15.0. The van der Waals surface area contributed by atoms with Crippen LogP contribution >= 0.6 is 7.37 Å². The van der Waals surface area contributed by atoms with E-state index in [0.717, 1.165) is 5.57 Å². The van der Waals surface area contributed by atoms with Gasteiger partial charge in [-0.25, -0.2) is 4.79 Å². The Bertz CT molecular complexity index is 2500. The number of amides is 1. The molecule has 79 heavy (non-hydrogen) atoms. The number of ketones is 3. The maximum atomic E-state index is 15.0. The number of carbonyl (C=O) groups excluding carboxylic acids is 5. The SMILES string of the molecule is CO[C@H]1C[C@@H]2CC[C@@H](C)C(O)(O2)C(=O)C(=O)N2CCCCC2C(=O)O[C@H]([C@H](C)C[C@@H]2CC[C@@H](OP(=O)(c3ccccc3)c3ccccc3)[C@H](OC)C2)CC(=O)[C@H](C)/C=C(\C)[C@@H](O)[C@@H](OC)C(=O)[C@H](C)C[C@H](C)/C=C/C=C/C=C/1C. The Balaban J connectivity index is 1.29. The topological polar surface area (TPSA) is 201 Å². The number of piperidine rings is 1. The number of cyclic esters (lactones) is 1. The van der Waals surface area contributed by atoms with E-state index in [1.165, 1.54) is 12.0 Å². The van der Waals surface area contributed by atoms with Crippen molar-refractivity contribution in [3.8, 4) is 0 Å². The van der Waals surface area contributed by atoms with Gasteiger partial charge in [0.25, 0.3) is 19.1 Å². The van der Waals surface area contributed by atoms with E-state index < -0.39 is 103 Å². The van der Waals surface area contributed by atoms with Gasteiger partial charge >= 0.3 is 5.97 Å². The molecule has 2 saturated heterocycles. The number of allylic oxidation sites excluding steroid dienone is 6. The number of esters is 1. The number of aliphatic hydroxyl groups excluding tert-OH is 1. The minimum absolute atomic E-state index is 0.000329. The van der Waals surface area contributed by atoms with Crippen molar-refractivity contribution >= 4 is 47.2 Å². The lowest BCUT2D eigenvalue weighted by atomic mass is 9.78. The van der Waals surface area contributed by atoms with Gasteiger partial charge in [0.05, 0.1) is 24.4 Å². The number of methoxy groups -OCH3 is 3. The molecular formula is C63H88NO14P. The van der Waals surface area contributed by atoms with E-state index in [1.54, 1.807) is 41.1 Å². The van der Waals surface area contributed by atoms with Crippen LogP contribution in [0.5, 0.6) is 0 Å². The Hall–Kier alpha value is -4.70. The van der Waals surface area contributed by atoms with E-state index in [4.69, 9.17) is 28.2 Å². The van der Waals surface area contributed by atoms with Crippen LogP contribution < -0.4 is 10.6 Å². The van der Waals surface area contributed by atoms with Crippen molar-refractivity contribution in [2.45, 2.75) is 180 Å². The van der Waals surface area contributed by atoms with Gasteiger partial charge in [-0.15, -0.1) is 0 Å². The standard InChI is InChI=1S/C63H88NO14P/c1-40-22-14-11-15-23-41(2)54(73-8)38-48-31-29-46(7)63(71,77-48)60(68)61(69)64-33-21-20-28-51(64)62(70)76-55(39-52(65)42(3)35-45(6)58(67)59(75-10)57(66)44(5)34-40)43(4)36-47-30-32-53(56(37-47)74-9)78-79(72,49-24-16-12-17-25-49)50-26-18-13-19-27-50/h11-19,22-27,35,40,42-44,46-48,51,53-56,58-59,67,71H,20-21,28-34,36-39H2,1-10H3/b15-11+,22-14+,41-23+,45-35+/t40-,42-,43-,44-,46-,47+,48+,51?,53-,54+,55+,56-,58-,59+,63?/m1/s1. The lowest BCUT2D eigenvalue weighted by Gasteiger charge is -2.42. The third kappa shape index (κ3) is 16.1. The molecule has 3 heterocycles. The van der Waals surface area contributed by atoms with Crippen molar-refractivity contribution in [2.24, 2.45) is 35.5 Å².